The van der Waals surface area contributed by atoms with Crippen molar-refractivity contribution in [3.05, 3.63) is 0 Å². The van der Waals surface area contributed by atoms with Gasteiger partial charge in [0.25, 0.3) is 0 Å². The van der Waals surface area contributed by atoms with Crippen LogP contribution in [0.25, 0.3) is 0 Å². The third-order valence-corrected chi connectivity index (χ3v) is 5.24. The number of aliphatic hydroxyl groups excluding tert-OH is 2. The van der Waals surface area contributed by atoms with Crippen LogP contribution in [0, 0.1) is 23.2 Å². The molecule has 0 amide bonds. The molecule has 4 aliphatic carbocycles. The number of rotatable bonds is 3. The van der Waals surface area contributed by atoms with Crippen molar-refractivity contribution in [3.63, 3.8) is 0 Å². The molecule has 0 saturated heterocycles. The Kier molecular flexibility index (Phi) is 2.33. The summed E-state index contributed by atoms with van der Waals surface area (Å²) < 4.78 is 0. The summed E-state index contributed by atoms with van der Waals surface area (Å²) in [5.41, 5.74) is 0.206. The van der Waals surface area contributed by atoms with Crippen molar-refractivity contribution in [2.45, 2.75) is 51.0 Å². The largest absolute Gasteiger partial charge is 0.396 e. The predicted octanol–water partition coefficient (Wildman–Crippen LogP) is 1.95. The minimum Gasteiger partial charge on any atom is -0.396 e. The van der Waals surface area contributed by atoms with Crippen molar-refractivity contribution in [3.8, 4) is 0 Å². The van der Waals surface area contributed by atoms with Crippen molar-refractivity contribution in [1.82, 2.24) is 0 Å². The zero-order valence-electron chi connectivity index (χ0n) is 9.36. The van der Waals surface area contributed by atoms with Gasteiger partial charge in [-0.15, -0.1) is 0 Å². The lowest BCUT2D eigenvalue weighted by Gasteiger charge is -2.59. The van der Waals surface area contributed by atoms with Crippen molar-refractivity contribution in [1.29, 1.82) is 0 Å². The van der Waals surface area contributed by atoms with Crippen LogP contribution >= 0.6 is 0 Å². The maximum atomic E-state index is 10.4. The Morgan fingerprint density at radius 3 is 2.33 bits per heavy atom. The molecule has 0 aliphatic heterocycles. The first kappa shape index (κ1) is 10.1. The first-order valence-electron chi connectivity index (χ1n) is 6.52. The van der Waals surface area contributed by atoms with E-state index < -0.39 is 0 Å². The molecule has 4 saturated carbocycles. The molecular weight excluding hydrogens is 188 g/mol. The van der Waals surface area contributed by atoms with Crippen LogP contribution in [0.2, 0.25) is 0 Å². The highest BCUT2D eigenvalue weighted by atomic mass is 16.3. The Hall–Kier alpha value is -0.0800. The molecule has 4 aliphatic rings. The predicted molar refractivity (Wildman–Crippen MR) is 58.3 cm³/mol. The van der Waals surface area contributed by atoms with Gasteiger partial charge in [0.1, 0.15) is 0 Å². The maximum Gasteiger partial charge on any atom is 0.0624 e. The van der Waals surface area contributed by atoms with E-state index in [4.69, 9.17) is 5.11 Å². The zero-order valence-corrected chi connectivity index (χ0v) is 9.36. The molecule has 0 unspecified atom stereocenters. The quantitative estimate of drug-likeness (QED) is 0.747. The minimum absolute atomic E-state index is 0.0585. The van der Waals surface area contributed by atoms with Crippen LogP contribution in [0.5, 0.6) is 0 Å². The second-order valence-corrected chi connectivity index (χ2v) is 6.24. The van der Waals surface area contributed by atoms with Crippen LogP contribution in [-0.4, -0.2) is 22.9 Å². The second-order valence-electron chi connectivity index (χ2n) is 6.24. The summed E-state index contributed by atoms with van der Waals surface area (Å²) in [6.07, 6.45) is 8.32. The van der Waals surface area contributed by atoms with Gasteiger partial charge >= 0.3 is 0 Å². The van der Waals surface area contributed by atoms with Gasteiger partial charge in [0, 0.05) is 6.61 Å². The molecule has 2 nitrogen and oxygen atoms in total. The normalized spacial score (nSPS) is 52.4. The van der Waals surface area contributed by atoms with Crippen LogP contribution in [-0.2, 0) is 0 Å². The van der Waals surface area contributed by atoms with Crippen LogP contribution in [0.3, 0.4) is 0 Å². The SMILES string of the molecule is OCCCC12C[C@@H]3CC(C[C@H](C3)C1)[C@H]2O. The first-order chi connectivity index (χ1) is 7.23. The third kappa shape index (κ3) is 1.45. The molecule has 3 atom stereocenters. The summed E-state index contributed by atoms with van der Waals surface area (Å²) in [5.74, 6) is 2.38. The van der Waals surface area contributed by atoms with Crippen LogP contribution < -0.4 is 0 Å². The fraction of sp³-hybridized carbons (Fsp3) is 1.00. The molecule has 2 N–H and O–H groups in total. The maximum absolute atomic E-state index is 10.4. The lowest BCUT2D eigenvalue weighted by molar-refractivity contribution is -0.159. The smallest absolute Gasteiger partial charge is 0.0624 e. The van der Waals surface area contributed by atoms with Gasteiger partial charge < -0.3 is 10.2 Å². The summed E-state index contributed by atoms with van der Waals surface area (Å²) >= 11 is 0. The Morgan fingerprint density at radius 1 is 1.07 bits per heavy atom. The number of hydrogen-bond donors (Lipinski definition) is 2. The standard InChI is InChI=1S/C13H22O2/c14-3-1-2-13-7-9-4-10(8-13)6-11(5-9)12(13)15/h9-12,14-15H,1-8H2/t9-,10-,11?,12+,13?/m0/s1. The van der Waals surface area contributed by atoms with Gasteiger partial charge in [0.15, 0.2) is 0 Å². The van der Waals surface area contributed by atoms with E-state index in [0.717, 1.165) is 24.7 Å². The second kappa shape index (κ2) is 3.46. The minimum atomic E-state index is -0.0585. The molecule has 4 bridgehead atoms. The number of aliphatic hydroxyl groups is 2. The molecule has 0 radical (unpaired) electrons. The number of hydrogen-bond acceptors (Lipinski definition) is 2. The van der Waals surface area contributed by atoms with E-state index in [-0.39, 0.29) is 18.1 Å². The zero-order chi connectivity index (χ0) is 10.5. The van der Waals surface area contributed by atoms with E-state index in [1.807, 2.05) is 0 Å². The monoisotopic (exact) mass is 210 g/mol. The fourth-order valence-electron chi connectivity index (χ4n) is 4.97. The molecular formula is C13H22O2. The summed E-state index contributed by atoms with van der Waals surface area (Å²) in [5, 5.41) is 19.4. The molecule has 2 heteroatoms. The first-order valence-corrected chi connectivity index (χ1v) is 6.52. The van der Waals surface area contributed by atoms with Crippen LogP contribution in [0.15, 0.2) is 0 Å². The molecule has 0 heterocycles. The summed E-state index contributed by atoms with van der Waals surface area (Å²) in [4.78, 5) is 0. The molecule has 0 spiro atoms. The topological polar surface area (TPSA) is 40.5 Å². The Labute approximate surface area is 91.7 Å². The molecule has 0 aromatic carbocycles. The molecule has 0 aromatic heterocycles. The van der Waals surface area contributed by atoms with Crippen molar-refractivity contribution in [2.24, 2.45) is 23.2 Å². The van der Waals surface area contributed by atoms with Gasteiger partial charge in [-0.3, -0.25) is 0 Å². The highest BCUT2D eigenvalue weighted by Gasteiger charge is 2.55. The molecule has 0 aromatic rings. The van der Waals surface area contributed by atoms with Gasteiger partial charge in [0.05, 0.1) is 6.10 Å². The average Bonchev–Trinajstić information content (AvgIpc) is 2.22. The highest BCUT2D eigenvalue weighted by molar-refractivity contribution is 5.06. The lowest BCUT2D eigenvalue weighted by Crippen LogP contribution is -2.55. The Balaban J connectivity index is 1.81. The van der Waals surface area contributed by atoms with Gasteiger partial charge in [0.2, 0.25) is 0 Å². The molecule has 86 valence electrons. The fourth-order valence-corrected chi connectivity index (χ4v) is 4.97. The third-order valence-electron chi connectivity index (χ3n) is 5.24. The average molecular weight is 210 g/mol. The van der Waals surface area contributed by atoms with E-state index in [2.05, 4.69) is 0 Å². The molecule has 15 heavy (non-hydrogen) atoms. The van der Waals surface area contributed by atoms with E-state index in [1.165, 1.54) is 32.1 Å². The Morgan fingerprint density at radius 2 is 1.73 bits per heavy atom. The molecule has 4 fully saturated rings. The Bertz CT molecular complexity index is 237. The summed E-state index contributed by atoms with van der Waals surface area (Å²) in [7, 11) is 0. The van der Waals surface area contributed by atoms with Gasteiger partial charge in [-0.25, -0.2) is 0 Å². The van der Waals surface area contributed by atoms with Crippen LogP contribution in [0.1, 0.15) is 44.9 Å². The van der Waals surface area contributed by atoms with Gasteiger partial charge in [-0.05, 0) is 68.1 Å². The summed E-state index contributed by atoms with van der Waals surface area (Å²) in [6, 6.07) is 0. The summed E-state index contributed by atoms with van der Waals surface area (Å²) in [6.45, 7) is 0.286. The van der Waals surface area contributed by atoms with Crippen molar-refractivity contribution in [2.75, 3.05) is 6.61 Å². The van der Waals surface area contributed by atoms with Gasteiger partial charge in [-0.2, -0.15) is 0 Å². The van der Waals surface area contributed by atoms with E-state index >= 15 is 0 Å². The highest BCUT2D eigenvalue weighted by Crippen LogP contribution is 2.61. The van der Waals surface area contributed by atoms with Crippen LogP contribution in [0.4, 0.5) is 0 Å². The van der Waals surface area contributed by atoms with E-state index in [1.54, 1.807) is 0 Å². The van der Waals surface area contributed by atoms with Crippen molar-refractivity contribution < 1.29 is 10.2 Å². The molecule has 4 rings (SSSR count). The van der Waals surface area contributed by atoms with Crippen molar-refractivity contribution >= 4 is 0 Å². The van der Waals surface area contributed by atoms with E-state index in [0.29, 0.717) is 5.92 Å². The van der Waals surface area contributed by atoms with Gasteiger partial charge in [-0.1, -0.05) is 0 Å². The van der Waals surface area contributed by atoms with E-state index in [9.17, 15) is 5.11 Å². The lowest BCUT2D eigenvalue weighted by atomic mass is 9.47.